The highest BCUT2D eigenvalue weighted by molar-refractivity contribution is 5.93. The van der Waals surface area contributed by atoms with Crippen LogP contribution in [0.2, 0.25) is 0 Å². The molecule has 0 aromatic carbocycles. The molecule has 14 heteroatoms. The third-order valence-electron chi connectivity index (χ3n) is 8.55. The Hall–Kier alpha value is -3.84. The fraction of sp³-hybridized carbons (Fsp3) is 0.613. The molecule has 2 aromatic heterocycles. The van der Waals surface area contributed by atoms with Gasteiger partial charge < -0.3 is 28.9 Å². The van der Waals surface area contributed by atoms with E-state index in [1.54, 1.807) is 27.0 Å². The van der Waals surface area contributed by atoms with Crippen LogP contribution in [-0.2, 0) is 4.74 Å². The predicted octanol–water partition coefficient (Wildman–Crippen LogP) is 4.67. The van der Waals surface area contributed by atoms with Gasteiger partial charge in [-0.1, -0.05) is 0 Å². The van der Waals surface area contributed by atoms with E-state index >= 15 is 0 Å². The summed E-state index contributed by atoms with van der Waals surface area (Å²) in [5, 5.41) is 0. The quantitative estimate of drug-likeness (QED) is 0.230. The summed E-state index contributed by atoms with van der Waals surface area (Å²) in [6, 6.07) is 5.97. The maximum atomic E-state index is 13.6. The summed E-state index contributed by atoms with van der Waals surface area (Å²) >= 11 is 0. The molecule has 0 N–H and O–H groups in total. The van der Waals surface area contributed by atoms with Crippen molar-refractivity contribution >= 4 is 23.3 Å². The van der Waals surface area contributed by atoms with Crippen molar-refractivity contribution < 1.29 is 41.4 Å². The van der Waals surface area contributed by atoms with Gasteiger partial charge in [-0.15, -0.1) is 0 Å². The van der Waals surface area contributed by atoms with Gasteiger partial charge in [0, 0.05) is 7.05 Å². The zero-order valence-corrected chi connectivity index (χ0v) is 25.5. The van der Waals surface area contributed by atoms with Crippen LogP contribution in [0.5, 0.6) is 11.8 Å². The minimum atomic E-state index is -2.78. The van der Waals surface area contributed by atoms with E-state index in [0.29, 0.717) is 36.4 Å². The molecule has 45 heavy (non-hydrogen) atoms. The molecule has 2 saturated heterocycles. The van der Waals surface area contributed by atoms with Crippen LogP contribution in [0.25, 0.3) is 0 Å². The van der Waals surface area contributed by atoms with Crippen LogP contribution in [0.4, 0.5) is 28.9 Å². The Balaban J connectivity index is 1.11. The molecule has 2 aromatic rings. The number of carbonyl (C=O) groups is 2. The lowest BCUT2D eigenvalue weighted by Crippen LogP contribution is -2.56. The molecule has 0 radical (unpaired) electrons. The molecule has 0 atom stereocenters. The highest BCUT2D eigenvalue weighted by Gasteiger charge is 2.46. The van der Waals surface area contributed by atoms with Gasteiger partial charge in [0.15, 0.2) is 5.69 Å². The van der Waals surface area contributed by atoms with Crippen molar-refractivity contribution in [2.45, 2.75) is 56.9 Å². The van der Waals surface area contributed by atoms with Gasteiger partial charge in [-0.25, -0.2) is 32.3 Å². The molecular formula is C31H37F4N5O5. The second-order valence-corrected chi connectivity index (χ2v) is 13.2. The van der Waals surface area contributed by atoms with Crippen LogP contribution >= 0.6 is 0 Å². The van der Waals surface area contributed by atoms with Crippen molar-refractivity contribution in [3.63, 3.8) is 0 Å². The number of pyridine rings is 2. The first-order valence-electron chi connectivity index (χ1n) is 15.2. The zero-order valence-electron chi connectivity index (χ0n) is 25.5. The van der Waals surface area contributed by atoms with E-state index in [1.807, 2.05) is 0 Å². The smallest absolute Gasteiger partial charge is 0.357 e. The molecule has 1 amide bonds. The van der Waals surface area contributed by atoms with E-state index in [0.717, 1.165) is 25.7 Å². The molecule has 0 bridgehead atoms. The number of hydrogen-bond acceptors (Lipinski definition) is 9. The topological polar surface area (TPSA) is 97.3 Å². The number of alkyl halides is 4. The van der Waals surface area contributed by atoms with E-state index in [1.165, 1.54) is 32.9 Å². The summed E-state index contributed by atoms with van der Waals surface area (Å²) in [6.07, 6.45) is 4.09. The normalized spacial score (nSPS) is 20.2. The molecule has 10 nitrogen and oxygen atoms in total. The average Bonchev–Trinajstić information content (AvgIpc) is 3.90. The minimum absolute atomic E-state index is 0.0482. The van der Waals surface area contributed by atoms with E-state index in [-0.39, 0.29) is 29.8 Å². The summed E-state index contributed by atoms with van der Waals surface area (Å²) in [4.78, 5) is 39.5. The maximum Gasteiger partial charge on any atom is 0.357 e. The number of amides is 1. The number of rotatable bonds is 13. The maximum absolute atomic E-state index is 13.6. The fourth-order valence-corrected chi connectivity index (χ4v) is 4.98. The molecule has 0 spiro atoms. The fourth-order valence-electron chi connectivity index (χ4n) is 4.98. The van der Waals surface area contributed by atoms with Gasteiger partial charge >= 0.3 is 5.97 Å². The largest absolute Gasteiger partial charge is 0.476 e. The van der Waals surface area contributed by atoms with Crippen molar-refractivity contribution in [3.05, 3.63) is 35.7 Å². The summed E-state index contributed by atoms with van der Waals surface area (Å²) in [6.45, 7) is 2.22. The molecule has 4 fully saturated rings. The molecule has 0 unspecified atom stereocenters. The second kappa shape index (κ2) is 11.5. The lowest BCUT2D eigenvalue weighted by atomic mass is 10.0. The second-order valence-electron chi connectivity index (χ2n) is 13.2. The van der Waals surface area contributed by atoms with Crippen molar-refractivity contribution in [1.29, 1.82) is 0 Å². The Morgan fingerprint density at radius 1 is 0.822 bits per heavy atom. The molecular weight excluding hydrogens is 598 g/mol. The van der Waals surface area contributed by atoms with Crippen LogP contribution in [0, 0.1) is 11.8 Å². The number of anilines is 2. The van der Waals surface area contributed by atoms with Gasteiger partial charge in [0.25, 0.3) is 17.8 Å². The van der Waals surface area contributed by atoms with E-state index < -0.39 is 55.4 Å². The average molecular weight is 636 g/mol. The number of esters is 1. The SMILES string of the molecule is CN(C(=O)c1ccc(N2CC(F)(F)C2)c(OCC2CC2)n1)C(C)(C)COC(=O)c1ccc(N2CC(F)(F)C2)c(OCC2CC2)n1. The highest BCUT2D eigenvalue weighted by Crippen LogP contribution is 2.39. The number of ether oxygens (including phenoxy) is 3. The lowest BCUT2D eigenvalue weighted by Gasteiger charge is -2.40. The lowest BCUT2D eigenvalue weighted by molar-refractivity contribution is -0.0272. The zero-order chi connectivity index (χ0) is 32.1. The number of halogens is 4. The van der Waals surface area contributed by atoms with Crippen molar-refractivity contribution in [1.82, 2.24) is 14.9 Å². The van der Waals surface area contributed by atoms with Crippen LogP contribution < -0.4 is 19.3 Å². The van der Waals surface area contributed by atoms with Crippen molar-refractivity contribution in [2.24, 2.45) is 11.8 Å². The van der Waals surface area contributed by atoms with Crippen LogP contribution in [-0.4, -0.2) is 97.2 Å². The molecule has 2 aliphatic heterocycles. The first-order chi connectivity index (χ1) is 21.2. The molecule has 6 rings (SSSR count). The number of likely N-dealkylation sites (N-methyl/N-ethyl adjacent to an activating group) is 1. The number of carbonyl (C=O) groups excluding carboxylic acids is 2. The molecule has 4 heterocycles. The van der Waals surface area contributed by atoms with Gasteiger partial charge in [0.1, 0.15) is 23.7 Å². The summed E-state index contributed by atoms with van der Waals surface area (Å²) in [5.41, 5.74) is -0.171. The van der Waals surface area contributed by atoms with Gasteiger partial charge in [0.05, 0.1) is 44.9 Å². The Morgan fingerprint density at radius 3 is 1.71 bits per heavy atom. The summed E-state index contributed by atoms with van der Waals surface area (Å²) in [5.74, 6) is -5.78. The summed E-state index contributed by atoms with van der Waals surface area (Å²) < 4.78 is 71.4. The molecule has 2 aliphatic carbocycles. The van der Waals surface area contributed by atoms with E-state index in [2.05, 4.69) is 9.97 Å². The summed E-state index contributed by atoms with van der Waals surface area (Å²) in [7, 11) is 1.55. The third kappa shape index (κ3) is 7.19. The minimum Gasteiger partial charge on any atom is -0.476 e. The van der Waals surface area contributed by atoms with Gasteiger partial charge in [0.2, 0.25) is 11.8 Å². The third-order valence-corrected chi connectivity index (χ3v) is 8.55. The number of hydrogen-bond donors (Lipinski definition) is 0. The van der Waals surface area contributed by atoms with E-state index in [9.17, 15) is 27.2 Å². The van der Waals surface area contributed by atoms with Crippen LogP contribution in [0.15, 0.2) is 24.3 Å². The Kier molecular flexibility index (Phi) is 7.97. The molecule has 4 aliphatic rings. The van der Waals surface area contributed by atoms with Crippen molar-refractivity contribution in [2.75, 3.05) is 62.8 Å². The predicted molar refractivity (Wildman–Crippen MR) is 156 cm³/mol. The van der Waals surface area contributed by atoms with Crippen molar-refractivity contribution in [3.8, 4) is 11.8 Å². The van der Waals surface area contributed by atoms with Crippen LogP contribution in [0.3, 0.4) is 0 Å². The molecule has 2 saturated carbocycles. The first-order valence-corrected chi connectivity index (χ1v) is 15.2. The first kappa shape index (κ1) is 31.2. The number of aromatic nitrogens is 2. The van der Waals surface area contributed by atoms with E-state index in [4.69, 9.17) is 14.2 Å². The van der Waals surface area contributed by atoms with Gasteiger partial charge in [-0.2, -0.15) is 0 Å². The van der Waals surface area contributed by atoms with Gasteiger partial charge in [-0.05, 0) is 75.6 Å². The monoisotopic (exact) mass is 635 g/mol. The van der Waals surface area contributed by atoms with Gasteiger partial charge in [-0.3, -0.25) is 4.79 Å². The Labute approximate surface area is 258 Å². The highest BCUT2D eigenvalue weighted by atomic mass is 19.3. The standard InChI is InChI=1S/C31H37F4N5O5/c1-29(2,18-45-28(42)22-9-11-24(40-16-31(34,35)17-40)26(37-22)44-13-20-6-7-20)38(3)27(41)21-8-10-23(39-14-30(32,33)15-39)25(36-21)43-12-19-4-5-19/h8-11,19-20H,4-7,12-18H2,1-3H3. The van der Waals surface area contributed by atoms with Crippen LogP contribution in [0.1, 0.15) is 60.5 Å². The molecule has 244 valence electrons. The number of nitrogens with zero attached hydrogens (tertiary/aromatic N) is 5. The Bertz CT molecular complexity index is 1450. The Morgan fingerprint density at radius 2 is 1.27 bits per heavy atom.